The lowest BCUT2D eigenvalue weighted by Gasteiger charge is -1.98. The van der Waals surface area contributed by atoms with E-state index in [1.54, 1.807) is 0 Å². The highest BCUT2D eigenvalue weighted by atomic mass is 15.1. The van der Waals surface area contributed by atoms with Gasteiger partial charge in [-0.1, -0.05) is 72.8 Å². The highest BCUT2D eigenvalue weighted by Crippen LogP contribution is 2.35. The van der Waals surface area contributed by atoms with Crippen molar-refractivity contribution < 1.29 is 0 Å². The lowest BCUT2D eigenvalue weighted by atomic mass is 10.1. The number of nitrogens with zero attached hydrogens (tertiary/aromatic N) is 5. The predicted octanol–water partition coefficient (Wildman–Crippen LogP) is 3.56. The van der Waals surface area contributed by atoms with E-state index in [2.05, 4.69) is 39.2 Å². The molecule has 2 aliphatic heterocycles. The van der Waals surface area contributed by atoms with Gasteiger partial charge in [-0.05, 0) is 24.3 Å². The molecule has 0 saturated heterocycles. The van der Waals surface area contributed by atoms with E-state index in [9.17, 15) is 0 Å². The fourth-order valence-electron chi connectivity index (χ4n) is 5.66. The molecule has 0 amide bonds. The zero-order valence-electron chi connectivity index (χ0n) is 21.0. The lowest BCUT2D eigenvalue weighted by Crippen LogP contribution is -2.22. The van der Waals surface area contributed by atoms with Crippen LogP contribution in [0.5, 0.6) is 0 Å². The van der Waals surface area contributed by atoms with Crippen LogP contribution in [0.15, 0.2) is 117 Å². The SMILES string of the molecule is c1ccc2c(c1)C1=N/C2=N\c2[nH]c(c3ccccc23)/N=c2\[nH]c(c3ccccc23)=[N+]=c2[nH]c(c3ccccc23)=N1. The minimum absolute atomic E-state index is 0.605. The van der Waals surface area contributed by atoms with Gasteiger partial charge >= 0.3 is 11.0 Å². The van der Waals surface area contributed by atoms with E-state index in [1.807, 2.05) is 72.8 Å². The second-order valence-electron chi connectivity index (χ2n) is 9.86. The zero-order chi connectivity index (χ0) is 26.2. The average Bonchev–Trinajstić information content (AvgIpc) is 3.73. The molecule has 8 heteroatoms. The molecular weight excluding hydrogens is 496 g/mol. The van der Waals surface area contributed by atoms with Crippen LogP contribution in [0.1, 0.15) is 11.1 Å². The molecule has 0 atom stereocenters. The molecule has 3 aromatic heterocycles. The molecule has 4 aromatic carbocycles. The summed E-state index contributed by atoms with van der Waals surface area (Å²) in [7, 11) is 0. The van der Waals surface area contributed by atoms with Gasteiger partial charge in [-0.15, -0.1) is 0 Å². The fraction of sp³-hybridized carbons (Fsp3) is 0. The molecule has 0 aliphatic carbocycles. The molecule has 0 radical (unpaired) electrons. The molecular formula is C32H19N8+. The third-order valence-electron chi connectivity index (χ3n) is 7.53. The van der Waals surface area contributed by atoms with Crippen LogP contribution in [0.2, 0.25) is 0 Å². The van der Waals surface area contributed by atoms with Crippen LogP contribution >= 0.6 is 0 Å². The first-order valence-electron chi connectivity index (χ1n) is 13.0. The maximum absolute atomic E-state index is 5.07. The normalized spacial score (nSPS) is 15.8. The number of hydrogen-bond donors (Lipinski definition) is 3. The number of aliphatic imine (C=N–C) groups is 2. The minimum Gasteiger partial charge on any atom is -0.324 e. The van der Waals surface area contributed by atoms with Crippen molar-refractivity contribution in [3.05, 3.63) is 130 Å². The number of H-pyrrole nitrogens is 3. The third kappa shape index (κ3) is 2.99. The Kier molecular flexibility index (Phi) is 4.14. The largest absolute Gasteiger partial charge is 0.324 e. The molecule has 8 bridgehead atoms. The van der Waals surface area contributed by atoms with Crippen molar-refractivity contribution in [2.45, 2.75) is 0 Å². The first-order chi connectivity index (χ1) is 19.8. The van der Waals surface area contributed by atoms with Gasteiger partial charge in [0, 0.05) is 32.7 Å². The van der Waals surface area contributed by atoms with Crippen LogP contribution in [0, 0.1) is 0 Å². The van der Waals surface area contributed by atoms with Gasteiger partial charge in [-0.3, -0.25) is 0 Å². The van der Waals surface area contributed by atoms with Crippen LogP contribution in [0.4, 0.5) is 11.6 Å². The van der Waals surface area contributed by atoms with Crippen molar-refractivity contribution in [3.63, 3.8) is 0 Å². The molecule has 3 N–H and O–H groups in total. The molecule has 0 unspecified atom stereocenters. The number of aromatic nitrogens is 3. The topological polar surface area (TPSA) is 111 Å². The summed E-state index contributed by atoms with van der Waals surface area (Å²) >= 11 is 0. The van der Waals surface area contributed by atoms with E-state index >= 15 is 0 Å². The molecule has 0 spiro atoms. The van der Waals surface area contributed by atoms with E-state index in [1.165, 1.54) is 0 Å². The Hall–Kier alpha value is -5.85. The second-order valence-corrected chi connectivity index (χ2v) is 9.86. The average molecular weight is 516 g/mol. The molecule has 186 valence electrons. The van der Waals surface area contributed by atoms with Crippen LogP contribution in [0.25, 0.3) is 32.3 Å². The summed E-state index contributed by atoms with van der Waals surface area (Å²) in [6, 6.07) is 32.4. The first-order valence-corrected chi connectivity index (χ1v) is 13.0. The Morgan fingerprint density at radius 3 is 1.45 bits per heavy atom. The molecule has 5 heterocycles. The molecule has 0 saturated carbocycles. The van der Waals surface area contributed by atoms with Gasteiger partial charge in [0.25, 0.3) is 0 Å². The van der Waals surface area contributed by atoms with E-state index in [-0.39, 0.29) is 0 Å². The Bertz CT molecular complexity index is 2540. The van der Waals surface area contributed by atoms with Gasteiger partial charge < -0.3 is 4.98 Å². The quantitative estimate of drug-likeness (QED) is 0.257. The van der Waals surface area contributed by atoms with E-state index in [4.69, 9.17) is 24.6 Å². The standard InChI is InChI=1S/C32H18N8/c1-2-10-18-17(9-1)25-33-26(18)38-28-21-13-5-6-14-22(21)30(35-28)40-32-24-16-8-7-15-23(24)31(36-32)39-29-20-12-4-3-11-19(20)27(34-29)37-25/h1-16H,(H2,33,34,35,36,37,38,39,40)/p+1. The Morgan fingerprint density at radius 1 is 0.400 bits per heavy atom. The van der Waals surface area contributed by atoms with Gasteiger partial charge in [0.2, 0.25) is 11.0 Å². The van der Waals surface area contributed by atoms with E-state index in [0.29, 0.717) is 34.3 Å². The van der Waals surface area contributed by atoms with Crippen molar-refractivity contribution in [1.82, 2.24) is 19.6 Å². The second kappa shape index (κ2) is 7.83. The van der Waals surface area contributed by atoms with Crippen molar-refractivity contribution in [1.29, 1.82) is 0 Å². The minimum atomic E-state index is 0.605. The van der Waals surface area contributed by atoms with Crippen LogP contribution < -0.4 is 26.6 Å². The van der Waals surface area contributed by atoms with Crippen molar-refractivity contribution in [3.8, 4) is 0 Å². The van der Waals surface area contributed by atoms with Crippen molar-refractivity contribution in [2.24, 2.45) is 20.0 Å². The molecule has 0 fully saturated rings. The van der Waals surface area contributed by atoms with Crippen molar-refractivity contribution in [2.75, 3.05) is 0 Å². The summed E-state index contributed by atoms with van der Waals surface area (Å²) in [5.74, 6) is 2.62. The summed E-state index contributed by atoms with van der Waals surface area (Å²) < 4.78 is 5.07. The van der Waals surface area contributed by atoms with Crippen LogP contribution in [-0.4, -0.2) is 26.6 Å². The maximum Gasteiger partial charge on any atom is 0.323 e. The van der Waals surface area contributed by atoms with Crippen LogP contribution in [0.3, 0.4) is 0 Å². The Morgan fingerprint density at radius 2 is 0.850 bits per heavy atom. The summed E-state index contributed by atoms with van der Waals surface area (Å²) in [5, 5.41) is 5.85. The predicted molar refractivity (Wildman–Crippen MR) is 156 cm³/mol. The maximum atomic E-state index is 5.07. The van der Waals surface area contributed by atoms with E-state index < -0.39 is 0 Å². The summed E-state index contributed by atoms with van der Waals surface area (Å²) in [4.78, 5) is 30.4. The van der Waals surface area contributed by atoms with Crippen LogP contribution in [-0.2, 0) is 0 Å². The first kappa shape index (κ1) is 21.1. The summed E-state index contributed by atoms with van der Waals surface area (Å²) in [6.07, 6.45) is 0. The third-order valence-corrected chi connectivity index (χ3v) is 7.53. The number of hydrogen-bond acceptors (Lipinski definition) is 4. The molecule has 40 heavy (non-hydrogen) atoms. The van der Waals surface area contributed by atoms with Gasteiger partial charge in [0.15, 0.2) is 11.7 Å². The molecule has 8 nitrogen and oxygen atoms in total. The Labute approximate surface area is 225 Å². The van der Waals surface area contributed by atoms with Gasteiger partial charge in [0.1, 0.15) is 11.6 Å². The number of aromatic amines is 3. The fourth-order valence-corrected chi connectivity index (χ4v) is 5.66. The highest BCUT2D eigenvalue weighted by Gasteiger charge is 2.23. The van der Waals surface area contributed by atoms with Gasteiger partial charge in [-0.25, -0.2) is 24.6 Å². The number of benzene rings is 4. The van der Waals surface area contributed by atoms with Gasteiger partial charge in [-0.2, -0.15) is 9.98 Å². The zero-order valence-corrected chi connectivity index (χ0v) is 21.0. The van der Waals surface area contributed by atoms with E-state index in [0.717, 1.165) is 54.4 Å². The van der Waals surface area contributed by atoms with Gasteiger partial charge in [0.05, 0.1) is 10.8 Å². The summed E-state index contributed by atoms with van der Waals surface area (Å²) in [6.45, 7) is 0. The Balaban J connectivity index is 1.53. The number of rotatable bonds is 0. The highest BCUT2D eigenvalue weighted by molar-refractivity contribution is 6.23. The summed E-state index contributed by atoms with van der Waals surface area (Å²) in [5.41, 5.74) is 4.73. The number of fused-ring (bicyclic) bond motifs is 19. The molecule has 9 rings (SSSR count). The molecule has 2 aliphatic rings. The van der Waals surface area contributed by atoms with Crippen molar-refractivity contribution >= 4 is 55.6 Å². The monoisotopic (exact) mass is 515 g/mol. The number of amidine groups is 2. The smallest absolute Gasteiger partial charge is 0.323 e. The lowest BCUT2D eigenvalue weighted by molar-refractivity contribution is 1.05. The number of nitrogens with one attached hydrogen (secondary N) is 3. The molecule has 7 aromatic rings.